The van der Waals surface area contributed by atoms with Crippen molar-refractivity contribution in [1.82, 2.24) is 0 Å². The lowest BCUT2D eigenvalue weighted by atomic mass is 9.46. The van der Waals surface area contributed by atoms with Gasteiger partial charge in [0.25, 0.3) is 0 Å². The zero-order chi connectivity index (χ0) is 19.2. The molecule has 0 bridgehead atoms. The van der Waals surface area contributed by atoms with Crippen LogP contribution in [0.2, 0.25) is 0 Å². The Morgan fingerprint density at radius 3 is 2.74 bits per heavy atom. The van der Waals surface area contributed by atoms with Crippen molar-refractivity contribution in [3.05, 3.63) is 11.6 Å². The molecule has 0 amide bonds. The van der Waals surface area contributed by atoms with Gasteiger partial charge in [0, 0.05) is 18.3 Å². The van der Waals surface area contributed by atoms with Gasteiger partial charge in [0.2, 0.25) is 5.78 Å². The fourth-order valence-electron chi connectivity index (χ4n) is 7.24. The van der Waals surface area contributed by atoms with E-state index >= 15 is 0 Å². The molecular weight excluding hydrogens is 336 g/mol. The molecular formula is C24H32O3. The first-order valence-corrected chi connectivity index (χ1v) is 10.8. The van der Waals surface area contributed by atoms with E-state index in [9.17, 15) is 9.59 Å². The Balaban J connectivity index is 1.58. The average Bonchev–Trinajstić information content (AvgIpc) is 3.00. The molecule has 4 rings (SSSR count). The van der Waals surface area contributed by atoms with E-state index in [1.807, 2.05) is 13.0 Å². The van der Waals surface area contributed by atoms with Crippen LogP contribution in [0.4, 0.5) is 0 Å². The van der Waals surface area contributed by atoms with Crippen LogP contribution in [0.25, 0.3) is 0 Å². The van der Waals surface area contributed by atoms with Crippen LogP contribution in [0.1, 0.15) is 72.1 Å². The summed E-state index contributed by atoms with van der Waals surface area (Å²) >= 11 is 0. The first kappa shape index (κ1) is 18.8. The van der Waals surface area contributed by atoms with Gasteiger partial charge in [-0.3, -0.25) is 9.59 Å². The molecule has 6 atom stereocenters. The Bertz CT molecular complexity index is 738. The van der Waals surface area contributed by atoms with Crippen LogP contribution in [0.5, 0.6) is 0 Å². The van der Waals surface area contributed by atoms with Gasteiger partial charge in [-0.05, 0) is 86.5 Å². The Hall–Kier alpha value is -1.56. The van der Waals surface area contributed by atoms with Crippen LogP contribution in [-0.4, -0.2) is 18.2 Å². The molecule has 0 aliphatic heterocycles. The molecule has 0 radical (unpaired) electrons. The van der Waals surface area contributed by atoms with Crippen molar-refractivity contribution in [2.45, 2.75) is 72.1 Å². The summed E-state index contributed by atoms with van der Waals surface area (Å²) in [6.45, 7) is 7.17. The Morgan fingerprint density at radius 1 is 1.15 bits per heavy atom. The molecule has 0 unspecified atom stereocenters. The van der Waals surface area contributed by atoms with E-state index in [1.165, 1.54) is 18.4 Å². The fraction of sp³-hybridized carbons (Fsp3) is 0.750. The third-order valence-electron chi connectivity index (χ3n) is 8.67. The Morgan fingerprint density at radius 2 is 1.96 bits per heavy atom. The van der Waals surface area contributed by atoms with Crippen LogP contribution in [0.15, 0.2) is 11.6 Å². The van der Waals surface area contributed by atoms with Crippen molar-refractivity contribution in [1.29, 1.82) is 0 Å². The molecule has 0 aromatic rings. The van der Waals surface area contributed by atoms with Crippen molar-refractivity contribution in [2.24, 2.45) is 34.5 Å². The number of hydrogen-bond donors (Lipinski definition) is 0. The topological polar surface area (TPSA) is 43.4 Å². The average molecular weight is 369 g/mol. The van der Waals surface area contributed by atoms with Crippen molar-refractivity contribution in [2.75, 3.05) is 6.61 Å². The summed E-state index contributed by atoms with van der Waals surface area (Å²) in [5, 5.41) is 0. The number of ether oxygens (including phenoxy) is 1. The number of ketones is 2. The van der Waals surface area contributed by atoms with E-state index in [2.05, 4.69) is 25.9 Å². The van der Waals surface area contributed by atoms with Crippen LogP contribution in [0, 0.1) is 46.5 Å². The summed E-state index contributed by atoms with van der Waals surface area (Å²) < 4.78 is 5.08. The van der Waals surface area contributed by atoms with Gasteiger partial charge in [-0.15, -0.1) is 0 Å². The molecule has 146 valence electrons. The van der Waals surface area contributed by atoms with Crippen LogP contribution in [-0.2, 0) is 14.3 Å². The molecule has 27 heavy (non-hydrogen) atoms. The lowest BCUT2D eigenvalue weighted by Crippen LogP contribution is -2.51. The van der Waals surface area contributed by atoms with E-state index in [-0.39, 0.29) is 22.5 Å². The number of carbonyl (C=O) groups is 2. The maximum atomic E-state index is 12.8. The standard InChI is InChI=1S/C24H32O3/c1-4-27-14-11-22(26)21-8-7-19-18-6-5-16-15-17(25)9-12-23(16,2)20(18)10-13-24(19,21)3/h15,18-21H,4-10,12-13H2,1-3H3/t18-,19-,20-,21+,23-,24-/m0/s1. The van der Waals surface area contributed by atoms with Crippen molar-refractivity contribution >= 4 is 11.6 Å². The predicted molar refractivity (Wildman–Crippen MR) is 105 cm³/mol. The summed E-state index contributed by atoms with van der Waals surface area (Å²) in [4.78, 5) is 24.7. The zero-order valence-corrected chi connectivity index (χ0v) is 17.0. The second-order valence-electron chi connectivity index (χ2n) is 9.67. The van der Waals surface area contributed by atoms with Crippen LogP contribution < -0.4 is 0 Å². The van der Waals surface area contributed by atoms with Crippen LogP contribution >= 0.6 is 0 Å². The Kier molecular flexibility index (Phi) is 4.73. The summed E-state index contributed by atoms with van der Waals surface area (Å²) in [6, 6.07) is 0. The summed E-state index contributed by atoms with van der Waals surface area (Å²) in [7, 11) is 0. The SMILES string of the molecule is CCOC#CC(=O)[C@H]1CC[C@H]2[C@@H]3CCC4=CC(=O)CC[C@]4(C)[C@H]3CC[C@]12C. The first-order chi connectivity index (χ1) is 12.9. The fourth-order valence-corrected chi connectivity index (χ4v) is 7.24. The molecule has 0 aromatic carbocycles. The minimum absolute atomic E-state index is 0.0640. The third kappa shape index (κ3) is 2.87. The monoisotopic (exact) mass is 368 g/mol. The molecule has 3 saturated carbocycles. The second-order valence-corrected chi connectivity index (χ2v) is 9.67. The molecule has 3 nitrogen and oxygen atoms in total. The third-order valence-corrected chi connectivity index (χ3v) is 8.67. The minimum Gasteiger partial charge on any atom is -0.447 e. The quantitative estimate of drug-likeness (QED) is 0.664. The molecule has 0 N–H and O–H groups in total. The van der Waals surface area contributed by atoms with Gasteiger partial charge in [-0.2, -0.15) is 0 Å². The van der Waals surface area contributed by atoms with Gasteiger partial charge >= 0.3 is 0 Å². The van der Waals surface area contributed by atoms with E-state index in [1.54, 1.807) is 0 Å². The molecule has 3 heteroatoms. The van der Waals surface area contributed by atoms with E-state index in [0.29, 0.717) is 36.6 Å². The van der Waals surface area contributed by atoms with Gasteiger partial charge < -0.3 is 4.74 Å². The number of hydrogen-bond acceptors (Lipinski definition) is 3. The summed E-state index contributed by atoms with van der Waals surface area (Å²) in [5.74, 6) is 5.21. The number of fused-ring (bicyclic) bond motifs is 5. The number of rotatable bonds is 2. The van der Waals surface area contributed by atoms with Crippen molar-refractivity contribution < 1.29 is 14.3 Å². The highest BCUT2D eigenvalue weighted by molar-refractivity contribution is 5.97. The van der Waals surface area contributed by atoms with Gasteiger partial charge in [-0.1, -0.05) is 19.4 Å². The molecule has 3 fully saturated rings. The minimum atomic E-state index is 0.0640. The molecule has 4 aliphatic carbocycles. The van der Waals surface area contributed by atoms with Gasteiger partial charge in [0.05, 0.1) is 6.61 Å². The molecule has 0 aromatic heterocycles. The lowest BCUT2D eigenvalue weighted by molar-refractivity contribution is -0.125. The highest BCUT2D eigenvalue weighted by Crippen LogP contribution is 2.66. The molecule has 4 aliphatic rings. The van der Waals surface area contributed by atoms with Gasteiger partial charge in [-0.25, -0.2) is 0 Å². The van der Waals surface area contributed by atoms with E-state index in [4.69, 9.17) is 4.74 Å². The van der Waals surface area contributed by atoms with E-state index < -0.39 is 0 Å². The number of allylic oxidation sites excluding steroid dienone is 1. The predicted octanol–water partition coefficient (Wildman–Crippen LogP) is 4.70. The molecule has 0 heterocycles. The molecule has 0 saturated heterocycles. The maximum Gasteiger partial charge on any atom is 0.212 e. The highest BCUT2D eigenvalue weighted by Gasteiger charge is 2.60. The van der Waals surface area contributed by atoms with Gasteiger partial charge in [0.15, 0.2) is 5.78 Å². The summed E-state index contributed by atoms with van der Waals surface area (Å²) in [6.07, 6.45) is 13.0. The van der Waals surface area contributed by atoms with Crippen molar-refractivity contribution in [3.8, 4) is 12.0 Å². The van der Waals surface area contributed by atoms with Crippen molar-refractivity contribution in [3.63, 3.8) is 0 Å². The van der Waals surface area contributed by atoms with Crippen LogP contribution in [0.3, 0.4) is 0 Å². The molecule has 0 spiro atoms. The second kappa shape index (κ2) is 6.80. The van der Waals surface area contributed by atoms with E-state index in [0.717, 1.165) is 32.1 Å². The maximum absolute atomic E-state index is 12.8. The first-order valence-electron chi connectivity index (χ1n) is 10.8. The smallest absolute Gasteiger partial charge is 0.212 e. The largest absolute Gasteiger partial charge is 0.447 e. The lowest BCUT2D eigenvalue weighted by Gasteiger charge is -2.58. The zero-order valence-electron chi connectivity index (χ0n) is 17.0. The normalized spacial score (nSPS) is 42.8. The van der Waals surface area contributed by atoms with Gasteiger partial charge in [0.1, 0.15) is 6.11 Å². The summed E-state index contributed by atoms with van der Waals surface area (Å²) in [5.41, 5.74) is 1.70. The number of carbonyl (C=O) groups excluding carboxylic acids is 2. The highest BCUT2D eigenvalue weighted by atomic mass is 16.5. The Labute approximate surface area is 163 Å². The number of Topliss-reactive ketones (excluding diaryl/α,β-unsaturated/α-hetero) is 1.